The molecule has 0 spiro atoms. The minimum absolute atomic E-state index is 0.0176. The van der Waals surface area contributed by atoms with Crippen molar-refractivity contribution in [2.45, 2.75) is 52.1 Å². The molecule has 0 unspecified atom stereocenters. The molecule has 2 aromatic heterocycles. The third-order valence-corrected chi connectivity index (χ3v) is 6.90. The zero-order valence-corrected chi connectivity index (χ0v) is 17.1. The van der Waals surface area contributed by atoms with Crippen LogP contribution < -0.4 is 10.9 Å². The van der Waals surface area contributed by atoms with Crippen molar-refractivity contribution in [3.63, 3.8) is 0 Å². The zero-order chi connectivity index (χ0) is 19.7. The second-order valence-electron chi connectivity index (χ2n) is 7.80. The third-order valence-electron chi connectivity index (χ3n) is 5.65. The Morgan fingerprint density at radius 1 is 1.21 bits per heavy atom. The molecule has 0 bridgehead atoms. The Bertz CT molecular complexity index is 1050. The maximum atomic E-state index is 13.0. The van der Waals surface area contributed by atoms with E-state index in [4.69, 9.17) is 0 Å². The molecule has 146 valence electrons. The van der Waals surface area contributed by atoms with Crippen LogP contribution in [-0.2, 0) is 11.3 Å². The second kappa shape index (κ2) is 7.87. The minimum atomic E-state index is -0.145. The van der Waals surface area contributed by atoms with Crippen LogP contribution in [0, 0.1) is 12.8 Å². The summed E-state index contributed by atoms with van der Waals surface area (Å²) in [7, 11) is 0. The molecule has 0 atom stereocenters. The van der Waals surface area contributed by atoms with Crippen LogP contribution in [0.15, 0.2) is 41.5 Å². The molecule has 1 N–H and O–H groups in total. The van der Waals surface area contributed by atoms with E-state index < -0.39 is 0 Å². The number of carbonyl (C=O) groups is 1. The summed E-state index contributed by atoms with van der Waals surface area (Å²) < 4.78 is 1.43. The Morgan fingerprint density at radius 2 is 1.93 bits per heavy atom. The van der Waals surface area contributed by atoms with Crippen molar-refractivity contribution in [3.8, 4) is 10.4 Å². The molecule has 1 aliphatic rings. The number of rotatable bonds is 4. The average molecular weight is 396 g/mol. The molecule has 28 heavy (non-hydrogen) atoms. The van der Waals surface area contributed by atoms with Gasteiger partial charge in [-0.1, -0.05) is 37.3 Å². The summed E-state index contributed by atoms with van der Waals surface area (Å²) >= 11 is 1.52. The lowest BCUT2D eigenvalue weighted by Gasteiger charge is -2.26. The molecule has 1 saturated carbocycles. The van der Waals surface area contributed by atoms with E-state index in [2.05, 4.69) is 17.2 Å². The quantitative estimate of drug-likeness (QED) is 0.722. The molecule has 1 aromatic carbocycles. The van der Waals surface area contributed by atoms with Gasteiger partial charge in [-0.2, -0.15) is 0 Å². The van der Waals surface area contributed by atoms with E-state index in [9.17, 15) is 9.59 Å². The van der Waals surface area contributed by atoms with Gasteiger partial charge < -0.3 is 5.32 Å². The van der Waals surface area contributed by atoms with E-state index in [1.54, 1.807) is 0 Å². The molecular formula is C22H25N3O2S. The maximum absolute atomic E-state index is 13.0. The third kappa shape index (κ3) is 3.74. The van der Waals surface area contributed by atoms with Gasteiger partial charge >= 0.3 is 0 Å². The van der Waals surface area contributed by atoms with Crippen LogP contribution in [0.5, 0.6) is 0 Å². The summed E-state index contributed by atoms with van der Waals surface area (Å²) in [5.74, 6) is 0.627. The number of benzene rings is 1. The first kappa shape index (κ1) is 18.9. The van der Waals surface area contributed by atoms with Gasteiger partial charge in [0.25, 0.3) is 5.56 Å². The number of aromatic nitrogens is 2. The van der Waals surface area contributed by atoms with E-state index in [1.807, 2.05) is 37.3 Å². The molecule has 4 rings (SSSR count). The van der Waals surface area contributed by atoms with E-state index in [1.165, 1.54) is 22.2 Å². The Morgan fingerprint density at radius 3 is 2.64 bits per heavy atom. The van der Waals surface area contributed by atoms with Crippen LogP contribution in [0.25, 0.3) is 20.7 Å². The topological polar surface area (TPSA) is 64.0 Å². The highest BCUT2D eigenvalue weighted by Gasteiger charge is 2.21. The number of hydrogen-bond donors (Lipinski definition) is 1. The molecule has 3 aromatic rings. The van der Waals surface area contributed by atoms with E-state index in [-0.39, 0.29) is 24.1 Å². The van der Waals surface area contributed by atoms with Crippen LogP contribution in [0.3, 0.4) is 0 Å². The van der Waals surface area contributed by atoms with Gasteiger partial charge in [0.1, 0.15) is 11.4 Å². The summed E-state index contributed by atoms with van der Waals surface area (Å²) in [6.45, 7) is 4.23. The van der Waals surface area contributed by atoms with Crippen LogP contribution in [0.4, 0.5) is 0 Å². The SMILES string of the molecule is Cc1c(-c2ccccc2)sc2ncn(CC(=O)NC3CCC(C)CC3)c(=O)c12. The predicted molar refractivity (Wildman–Crippen MR) is 114 cm³/mol. The van der Waals surface area contributed by atoms with Gasteiger partial charge in [-0.25, -0.2) is 4.98 Å². The number of nitrogens with zero attached hydrogens (tertiary/aromatic N) is 2. The van der Waals surface area contributed by atoms with Gasteiger partial charge in [-0.15, -0.1) is 11.3 Å². The first-order valence-corrected chi connectivity index (χ1v) is 10.7. The Hall–Kier alpha value is -2.47. The predicted octanol–water partition coefficient (Wildman–Crippen LogP) is 4.13. The lowest BCUT2D eigenvalue weighted by molar-refractivity contribution is -0.122. The van der Waals surface area contributed by atoms with Gasteiger partial charge in [0.2, 0.25) is 5.91 Å². The van der Waals surface area contributed by atoms with Crippen molar-refractivity contribution in [2.75, 3.05) is 0 Å². The number of fused-ring (bicyclic) bond motifs is 1. The number of nitrogens with one attached hydrogen (secondary N) is 1. The lowest BCUT2D eigenvalue weighted by atomic mass is 9.87. The number of hydrogen-bond acceptors (Lipinski definition) is 4. The number of thiophene rings is 1. The van der Waals surface area contributed by atoms with E-state index in [0.717, 1.165) is 52.4 Å². The monoisotopic (exact) mass is 395 g/mol. The van der Waals surface area contributed by atoms with Crippen molar-refractivity contribution in [1.29, 1.82) is 0 Å². The summed E-state index contributed by atoms with van der Waals surface area (Å²) in [5, 5.41) is 3.70. The van der Waals surface area contributed by atoms with Crippen molar-refractivity contribution >= 4 is 27.5 Å². The van der Waals surface area contributed by atoms with Crippen molar-refractivity contribution < 1.29 is 4.79 Å². The first-order valence-electron chi connectivity index (χ1n) is 9.86. The van der Waals surface area contributed by atoms with Gasteiger partial charge in [0.15, 0.2) is 0 Å². The highest BCUT2D eigenvalue weighted by molar-refractivity contribution is 7.22. The molecule has 0 radical (unpaired) electrons. The fourth-order valence-electron chi connectivity index (χ4n) is 3.97. The average Bonchev–Trinajstić information content (AvgIpc) is 3.04. The molecule has 1 amide bonds. The van der Waals surface area contributed by atoms with Gasteiger partial charge in [-0.3, -0.25) is 14.2 Å². The zero-order valence-electron chi connectivity index (χ0n) is 16.3. The largest absolute Gasteiger partial charge is 0.352 e. The van der Waals surface area contributed by atoms with Gasteiger partial charge in [0.05, 0.1) is 11.7 Å². The molecular weight excluding hydrogens is 370 g/mol. The van der Waals surface area contributed by atoms with Crippen molar-refractivity contribution in [1.82, 2.24) is 14.9 Å². The van der Waals surface area contributed by atoms with Crippen LogP contribution in [0.1, 0.15) is 38.2 Å². The summed E-state index contributed by atoms with van der Waals surface area (Å²) in [6.07, 6.45) is 5.83. The molecule has 0 aliphatic heterocycles. The minimum Gasteiger partial charge on any atom is -0.352 e. The van der Waals surface area contributed by atoms with Crippen LogP contribution in [-0.4, -0.2) is 21.5 Å². The lowest BCUT2D eigenvalue weighted by Crippen LogP contribution is -2.40. The number of aryl methyl sites for hydroxylation is 1. The van der Waals surface area contributed by atoms with Gasteiger partial charge in [-0.05, 0) is 49.7 Å². The van der Waals surface area contributed by atoms with Crippen molar-refractivity contribution in [3.05, 3.63) is 52.6 Å². The van der Waals surface area contributed by atoms with E-state index in [0.29, 0.717) is 5.39 Å². The van der Waals surface area contributed by atoms with Crippen LogP contribution in [0.2, 0.25) is 0 Å². The molecule has 1 fully saturated rings. The van der Waals surface area contributed by atoms with Crippen LogP contribution >= 0.6 is 11.3 Å². The summed E-state index contributed by atoms with van der Waals surface area (Å²) in [4.78, 5) is 31.7. The smallest absolute Gasteiger partial charge is 0.262 e. The van der Waals surface area contributed by atoms with Gasteiger partial charge in [0, 0.05) is 10.9 Å². The summed E-state index contributed by atoms with van der Waals surface area (Å²) in [5.41, 5.74) is 1.87. The molecule has 6 heteroatoms. The summed E-state index contributed by atoms with van der Waals surface area (Å²) in [6, 6.07) is 10.2. The fourth-order valence-corrected chi connectivity index (χ4v) is 5.11. The molecule has 1 aliphatic carbocycles. The number of amides is 1. The Labute approximate surface area is 168 Å². The molecule has 0 saturated heterocycles. The fraction of sp³-hybridized carbons (Fsp3) is 0.409. The highest BCUT2D eigenvalue weighted by Crippen LogP contribution is 2.35. The molecule has 5 nitrogen and oxygen atoms in total. The van der Waals surface area contributed by atoms with Crippen molar-refractivity contribution in [2.24, 2.45) is 5.92 Å². The number of carbonyl (C=O) groups excluding carboxylic acids is 1. The standard InChI is InChI=1S/C22H25N3O2S/c1-14-8-10-17(11-9-14)24-18(26)12-25-13-23-21-19(22(25)27)15(2)20(28-21)16-6-4-3-5-7-16/h3-7,13-14,17H,8-12H2,1-2H3,(H,24,26). The highest BCUT2D eigenvalue weighted by atomic mass is 32.1. The van der Waals surface area contributed by atoms with E-state index >= 15 is 0 Å². The first-order chi connectivity index (χ1) is 13.5. The second-order valence-corrected chi connectivity index (χ2v) is 8.80. The Kier molecular flexibility index (Phi) is 5.31. The Balaban J connectivity index is 1.57. The molecule has 2 heterocycles. The maximum Gasteiger partial charge on any atom is 0.262 e. The normalized spacial score (nSPS) is 19.6.